The van der Waals surface area contributed by atoms with Crippen LogP contribution in [0, 0.1) is 13.8 Å². The molecule has 0 fully saturated rings. The Bertz CT molecular complexity index is 1690. The van der Waals surface area contributed by atoms with Crippen LogP contribution in [0.4, 0.5) is 0 Å². The third kappa shape index (κ3) is 5.42. The minimum Gasteiger partial charge on any atom is -0.494 e. The Hall–Kier alpha value is -4.08. The van der Waals surface area contributed by atoms with Gasteiger partial charge in [-0.25, -0.2) is 9.26 Å². The molecule has 0 unspecified atom stereocenters. The summed E-state index contributed by atoms with van der Waals surface area (Å²) in [5.41, 5.74) is 9.73. The van der Waals surface area contributed by atoms with Gasteiger partial charge < -0.3 is 15.2 Å². The summed E-state index contributed by atoms with van der Waals surface area (Å²) in [6.45, 7) is 9.31. The van der Waals surface area contributed by atoms with Crippen molar-refractivity contribution in [2.45, 2.75) is 39.8 Å². The van der Waals surface area contributed by atoms with Gasteiger partial charge >= 0.3 is 0 Å². The topological polar surface area (TPSA) is 92.3 Å². The highest BCUT2D eigenvalue weighted by atomic mass is 28.3. The Morgan fingerprint density at radius 2 is 1.88 bits per heavy atom. The number of methoxy groups -OCH3 is 1. The molecule has 3 aromatic rings. The van der Waals surface area contributed by atoms with Crippen molar-refractivity contribution in [1.82, 2.24) is 20.3 Å². The number of aliphatic hydroxyl groups excluding tert-OH is 1. The molecule has 2 aliphatic rings. The van der Waals surface area contributed by atoms with Crippen molar-refractivity contribution < 1.29 is 19.2 Å². The lowest BCUT2D eigenvalue weighted by Crippen LogP contribution is -2.49. The molecule has 0 atom stereocenters. The normalized spacial score (nSPS) is 15.2. The number of allylic oxidation sites excluding steroid dienone is 5. The number of aliphatic hydroxyl groups is 1. The molecule has 2 aromatic carbocycles. The summed E-state index contributed by atoms with van der Waals surface area (Å²) in [6.07, 6.45) is 9.42. The zero-order chi connectivity index (χ0) is 30.2. The standard InChI is InChI=1S/C33H39N5O3Si/c1-21-8-11-25-29(18-21)42(6,7)30-19-24(37(3)4)10-12-26(30)32(25)27-16-22(2)17-28(33(27)41-5)38-20-23(35-36-38)9-13-31(40)34-14-15-39/h8,10-12,16-20,39H,9,13-15H2,1-7H3/p+1. The van der Waals surface area contributed by atoms with Crippen LogP contribution in [0.1, 0.15) is 34.4 Å². The number of rotatable bonds is 8. The Kier molecular flexibility index (Phi) is 8.16. The fourth-order valence-corrected chi connectivity index (χ4v) is 9.05. The van der Waals surface area contributed by atoms with Crippen molar-refractivity contribution in [3.8, 4) is 11.4 Å². The van der Waals surface area contributed by atoms with E-state index in [-0.39, 0.29) is 25.5 Å². The maximum Gasteiger partial charge on any atom is 0.220 e. The van der Waals surface area contributed by atoms with Gasteiger partial charge in [-0.1, -0.05) is 42.1 Å². The van der Waals surface area contributed by atoms with E-state index in [4.69, 9.17) is 9.84 Å². The summed E-state index contributed by atoms with van der Waals surface area (Å²) in [5.74, 6) is 0.599. The van der Waals surface area contributed by atoms with Gasteiger partial charge in [-0.3, -0.25) is 4.79 Å². The lowest BCUT2D eigenvalue weighted by Gasteiger charge is -2.38. The summed E-state index contributed by atoms with van der Waals surface area (Å²) in [5, 5.41) is 23.2. The van der Waals surface area contributed by atoms with Crippen molar-refractivity contribution in [3.63, 3.8) is 0 Å². The molecule has 0 radical (unpaired) electrons. The zero-order valence-electron chi connectivity index (χ0n) is 25.6. The van der Waals surface area contributed by atoms with Crippen LogP contribution in [0.2, 0.25) is 13.1 Å². The molecule has 0 saturated heterocycles. The van der Waals surface area contributed by atoms with E-state index >= 15 is 0 Å². The molecule has 8 nitrogen and oxygen atoms in total. The van der Waals surface area contributed by atoms with Gasteiger partial charge in [0.2, 0.25) is 5.91 Å². The number of nitrogens with one attached hydrogen (secondary N) is 1. The SMILES string of the molecule is COc1c(C2=C3C=CC(=[N+](C)C)C=C3[Si](C)(C)c3cc(C)ccc32)cc(C)cc1-n1cc(CCC(=O)NCCO)nn1. The molecule has 1 amide bonds. The first-order chi connectivity index (χ1) is 20.0. The van der Waals surface area contributed by atoms with Crippen LogP contribution in [-0.2, 0) is 11.2 Å². The van der Waals surface area contributed by atoms with E-state index in [2.05, 4.69) is 110 Å². The lowest BCUT2D eigenvalue weighted by atomic mass is 9.88. The van der Waals surface area contributed by atoms with Crippen molar-refractivity contribution in [2.24, 2.45) is 0 Å². The van der Waals surface area contributed by atoms with Gasteiger partial charge in [0, 0.05) is 37.1 Å². The van der Waals surface area contributed by atoms with Crippen LogP contribution in [-0.4, -0.2) is 78.7 Å². The number of benzene rings is 2. The molecule has 0 bridgehead atoms. The van der Waals surface area contributed by atoms with Crippen LogP contribution in [0.25, 0.3) is 11.3 Å². The van der Waals surface area contributed by atoms with Gasteiger partial charge in [0.05, 0.1) is 25.6 Å². The molecule has 2 N–H and O–H groups in total. The highest BCUT2D eigenvalue weighted by molar-refractivity contribution is 6.98. The number of carbonyl (C=O) groups is 1. The molecule has 1 aromatic heterocycles. The second kappa shape index (κ2) is 11.7. The summed E-state index contributed by atoms with van der Waals surface area (Å²) >= 11 is 0. The fourth-order valence-electron chi connectivity index (χ4n) is 5.90. The average Bonchev–Trinajstić information content (AvgIpc) is 3.44. The van der Waals surface area contributed by atoms with Gasteiger partial charge in [0.1, 0.15) is 27.9 Å². The monoisotopic (exact) mass is 582 g/mol. The third-order valence-corrected chi connectivity index (χ3v) is 11.6. The van der Waals surface area contributed by atoms with Crippen LogP contribution < -0.4 is 15.2 Å². The van der Waals surface area contributed by atoms with Crippen LogP contribution in [0.5, 0.6) is 5.75 Å². The Morgan fingerprint density at radius 3 is 2.60 bits per heavy atom. The molecule has 0 saturated carbocycles. The maximum absolute atomic E-state index is 12.0. The molecule has 2 heterocycles. The number of ether oxygens (including phenoxy) is 1. The Labute approximate surface area is 248 Å². The first kappa shape index (κ1) is 29.4. The first-order valence-electron chi connectivity index (χ1n) is 14.3. The molecule has 1 aliphatic carbocycles. The molecular weight excluding hydrogens is 542 g/mol. The molecule has 9 heteroatoms. The van der Waals surface area contributed by atoms with E-state index in [0.29, 0.717) is 12.1 Å². The number of aromatic nitrogens is 3. The van der Waals surface area contributed by atoms with Crippen molar-refractivity contribution in [2.75, 3.05) is 34.4 Å². The number of amides is 1. The van der Waals surface area contributed by atoms with Crippen molar-refractivity contribution in [1.29, 1.82) is 0 Å². The van der Waals surface area contributed by atoms with E-state index in [9.17, 15) is 4.79 Å². The number of carbonyl (C=O) groups excluding carboxylic acids is 1. The quantitative estimate of drug-likeness (QED) is 0.314. The number of fused-ring (bicyclic) bond motifs is 2. The van der Waals surface area contributed by atoms with Crippen LogP contribution in [0.3, 0.4) is 0 Å². The highest BCUT2D eigenvalue weighted by Gasteiger charge is 2.41. The minimum atomic E-state index is -2.02. The Balaban J connectivity index is 1.67. The fraction of sp³-hybridized carbons (Fsp3) is 0.333. The first-order valence-corrected chi connectivity index (χ1v) is 17.3. The van der Waals surface area contributed by atoms with Gasteiger partial charge in [0.15, 0.2) is 11.5 Å². The smallest absolute Gasteiger partial charge is 0.220 e. The number of hydrogen-bond donors (Lipinski definition) is 2. The summed E-state index contributed by atoms with van der Waals surface area (Å²) in [6, 6.07) is 11.1. The van der Waals surface area contributed by atoms with Gasteiger partial charge in [-0.2, -0.15) is 0 Å². The third-order valence-electron chi connectivity index (χ3n) is 8.10. The number of aryl methyl sites for hydroxylation is 3. The van der Waals surface area contributed by atoms with Crippen LogP contribution in [0.15, 0.2) is 65.5 Å². The second-order valence-electron chi connectivity index (χ2n) is 11.8. The van der Waals surface area contributed by atoms with E-state index in [1.807, 2.05) is 6.20 Å². The van der Waals surface area contributed by atoms with Gasteiger partial charge in [-0.05, 0) is 64.7 Å². The minimum absolute atomic E-state index is 0.0819. The number of nitrogens with zero attached hydrogens (tertiary/aromatic N) is 4. The van der Waals surface area contributed by atoms with Gasteiger partial charge in [0.25, 0.3) is 0 Å². The molecule has 1 aliphatic heterocycles. The van der Waals surface area contributed by atoms with Crippen LogP contribution >= 0.6 is 0 Å². The van der Waals surface area contributed by atoms with Gasteiger partial charge in [-0.15, -0.1) is 5.10 Å². The summed E-state index contributed by atoms with van der Waals surface area (Å²) < 4.78 is 10.1. The summed E-state index contributed by atoms with van der Waals surface area (Å²) in [7, 11) is 3.86. The molecule has 0 spiro atoms. The molecule has 42 heavy (non-hydrogen) atoms. The van der Waals surface area contributed by atoms with E-state index in [0.717, 1.165) is 22.6 Å². The Morgan fingerprint density at radius 1 is 1.10 bits per heavy atom. The maximum atomic E-state index is 12.0. The van der Waals surface area contributed by atoms with Crippen molar-refractivity contribution in [3.05, 3.63) is 93.5 Å². The lowest BCUT2D eigenvalue weighted by molar-refractivity contribution is -0.462. The summed E-state index contributed by atoms with van der Waals surface area (Å²) in [4.78, 5) is 12.0. The number of hydrogen-bond acceptors (Lipinski definition) is 5. The van der Waals surface area contributed by atoms with E-state index < -0.39 is 8.07 Å². The van der Waals surface area contributed by atoms with E-state index in [1.54, 1.807) is 11.8 Å². The second-order valence-corrected chi connectivity index (χ2v) is 16.1. The largest absolute Gasteiger partial charge is 0.494 e. The molecule has 5 rings (SSSR count). The average molecular weight is 583 g/mol. The predicted octanol–water partition coefficient (Wildman–Crippen LogP) is 3.41. The van der Waals surface area contributed by atoms with Crippen molar-refractivity contribution >= 4 is 30.5 Å². The zero-order valence-corrected chi connectivity index (χ0v) is 26.6. The molecule has 218 valence electrons. The predicted molar refractivity (Wildman–Crippen MR) is 170 cm³/mol. The molecular formula is C33H40N5O3Si+. The highest BCUT2D eigenvalue weighted by Crippen LogP contribution is 2.45. The van der Waals surface area contributed by atoms with E-state index in [1.165, 1.54) is 38.4 Å².